The van der Waals surface area contributed by atoms with Crippen LogP contribution < -0.4 is 10.2 Å². The maximum Gasteiger partial charge on any atom is 0.258 e. The lowest BCUT2D eigenvalue weighted by Crippen LogP contribution is -2.28. The van der Waals surface area contributed by atoms with Gasteiger partial charge in [0.2, 0.25) is 0 Å². The molecule has 4 heteroatoms. The second kappa shape index (κ2) is 7.69. The molecule has 140 valence electrons. The minimum absolute atomic E-state index is 0.0314. The SMILES string of the molecule is Cc1ccc(C(=O)N2CCc3cc(CNC(=O)c4ccccc4)ccc32)cc1. The van der Waals surface area contributed by atoms with E-state index in [4.69, 9.17) is 0 Å². The third-order valence-electron chi connectivity index (χ3n) is 5.07. The molecule has 0 bridgehead atoms. The summed E-state index contributed by atoms with van der Waals surface area (Å²) in [4.78, 5) is 26.9. The average Bonchev–Trinajstić information content (AvgIpc) is 3.16. The van der Waals surface area contributed by atoms with Gasteiger partial charge in [-0.1, -0.05) is 48.0 Å². The van der Waals surface area contributed by atoms with Crippen molar-refractivity contribution in [1.82, 2.24) is 5.32 Å². The second-order valence-electron chi connectivity index (χ2n) is 7.08. The number of fused-ring (bicyclic) bond motifs is 1. The van der Waals surface area contributed by atoms with E-state index in [-0.39, 0.29) is 11.8 Å². The quantitative estimate of drug-likeness (QED) is 0.751. The van der Waals surface area contributed by atoms with Crippen molar-refractivity contribution in [3.05, 3.63) is 101 Å². The molecule has 1 aliphatic heterocycles. The third-order valence-corrected chi connectivity index (χ3v) is 5.07. The molecule has 0 saturated heterocycles. The number of hydrogen-bond acceptors (Lipinski definition) is 2. The summed E-state index contributed by atoms with van der Waals surface area (Å²) >= 11 is 0. The monoisotopic (exact) mass is 370 g/mol. The summed E-state index contributed by atoms with van der Waals surface area (Å²) in [6.45, 7) is 3.16. The fourth-order valence-electron chi connectivity index (χ4n) is 3.50. The van der Waals surface area contributed by atoms with Crippen LogP contribution in [-0.2, 0) is 13.0 Å². The van der Waals surface area contributed by atoms with Gasteiger partial charge in [-0.15, -0.1) is 0 Å². The molecule has 1 aliphatic rings. The molecule has 3 aromatic rings. The first kappa shape index (κ1) is 18.0. The Labute approximate surface area is 164 Å². The summed E-state index contributed by atoms with van der Waals surface area (Å²) in [5.74, 6) is -0.0545. The summed E-state index contributed by atoms with van der Waals surface area (Å²) in [6.07, 6.45) is 0.827. The number of nitrogens with zero attached hydrogens (tertiary/aromatic N) is 1. The Morgan fingerprint density at radius 3 is 2.43 bits per heavy atom. The summed E-state index contributed by atoms with van der Waals surface area (Å²) in [6, 6.07) is 22.9. The molecule has 0 saturated carbocycles. The normalized spacial score (nSPS) is 12.5. The van der Waals surface area contributed by atoms with Crippen LogP contribution in [0.5, 0.6) is 0 Å². The number of benzene rings is 3. The van der Waals surface area contributed by atoms with Crippen LogP contribution in [0, 0.1) is 6.92 Å². The number of amides is 2. The Bertz CT molecular complexity index is 1010. The van der Waals surface area contributed by atoms with Gasteiger partial charge in [-0.05, 0) is 54.8 Å². The van der Waals surface area contributed by atoms with Gasteiger partial charge < -0.3 is 10.2 Å². The van der Waals surface area contributed by atoms with Crippen molar-refractivity contribution in [2.24, 2.45) is 0 Å². The van der Waals surface area contributed by atoms with E-state index >= 15 is 0 Å². The summed E-state index contributed by atoms with van der Waals surface area (Å²) < 4.78 is 0. The molecule has 2 amide bonds. The Morgan fingerprint density at radius 1 is 0.929 bits per heavy atom. The molecule has 4 nitrogen and oxygen atoms in total. The van der Waals surface area contributed by atoms with Crippen molar-refractivity contribution in [2.45, 2.75) is 19.9 Å². The molecule has 1 N–H and O–H groups in total. The van der Waals surface area contributed by atoms with Gasteiger partial charge in [-0.25, -0.2) is 0 Å². The van der Waals surface area contributed by atoms with E-state index < -0.39 is 0 Å². The van der Waals surface area contributed by atoms with Gasteiger partial charge in [0.15, 0.2) is 0 Å². The number of aryl methyl sites for hydroxylation is 1. The Hall–Kier alpha value is -3.40. The molecule has 0 unspecified atom stereocenters. The van der Waals surface area contributed by atoms with Crippen molar-refractivity contribution in [3.8, 4) is 0 Å². The highest BCUT2D eigenvalue weighted by Crippen LogP contribution is 2.30. The maximum atomic E-state index is 12.8. The highest BCUT2D eigenvalue weighted by atomic mass is 16.2. The molecule has 4 rings (SSSR count). The average molecular weight is 370 g/mol. The molecule has 28 heavy (non-hydrogen) atoms. The van der Waals surface area contributed by atoms with Crippen LogP contribution >= 0.6 is 0 Å². The van der Waals surface area contributed by atoms with E-state index in [1.165, 1.54) is 0 Å². The largest absolute Gasteiger partial charge is 0.348 e. The molecular formula is C24H22N2O2. The molecule has 1 heterocycles. The Balaban J connectivity index is 1.45. The maximum absolute atomic E-state index is 12.8. The summed E-state index contributed by atoms with van der Waals surface area (Å²) in [5.41, 5.74) is 5.64. The number of nitrogens with one attached hydrogen (secondary N) is 1. The van der Waals surface area contributed by atoms with Crippen LogP contribution in [-0.4, -0.2) is 18.4 Å². The molecule has 0 aromatic heterocycles. The van der Waals surface area contributed by atoms with Crippen LogP contribution in [0.15, 0.2) is 72.8 Å². The van der Waals surface area contributed by atoms with Gasteiger partial charge in [0, 0.05) is 29.9 Å². The summed E-state index contributed by atoms with van der Waals surface area (Å²) in [7, 11) is 0. The van der Waals surface area contributed by atoms with Crippen LogP contribution in [0.4, 0.5) is 5.69 Å². The van der Waals surface area contributed by atoms with Crippen molar-refractivity contribution < 1.29 is 9.59 Å². The predicted molar refractivity (Wildman–Crippen MR) is 111 cm³/mol. The van der Waals surface area contributed by atoms with E-state index in [9.17, 15) is 9.59 Å². The zero-order valence-electron chi connectivity index (χ0n) is 15.8. The molecule has 0 spiro atoms. The first-order valence-electron chi connectivity index (χ1n) is 9.45. The van der Waals surface area contributed by atoms with Gasteiger partial charge in [-0.3, -0.25) is 9.59 Å². The lowest BCUT2D eigenvalue weighted by molar-refractivity contribution is 0.0949. The van der Waals surface area contributed by atoms with Crippen molar-refractivity contribution in [2.75, 3.05) is 11.4 Å². The van der Waals surface area contributed by atoms with Gasteiger partial charge in [-0.2, -0.15) is 0 Å². The van der Waals surface area contributed by atoms with Crippen LogP contribution in [0.2, 0.25) is 0 Å². The molecule has 0 atom stereocenters. The minimum atomic E-state index is -0.0859. The molecule has 0 radical (unpaired) electrons. The van der Waals surface area contributed by atoms with Gasteiger partial charge in [0.25, 0.3) is 11.8 Å². The fraction of sp³-hybridized carbons (Fsp3) is 0.167. The number of anilines is 1. The van der Waals surface area contributed by atoms with Crippen molar-refractivity contribution >= 4 is 17.5 Å². The smallest absolute Gasteiger partial charge is 0.258 e. The number of carbonyl (C=O) groups excluding carboxylic acids is 2. The summed E-state index contributed by atoms with van der Waals surface area (Å²) in [5, 5.41) is 2.95. The fourth-order valence-corrected chi connectivity index (χ4v) is 3.50. The molecular weight excluding hydrogens is 348 g/mol. The van der Waals surface area contributed by atoms with E-state index in [0.717, 1.165) is 28.8 Å². The molecule has 0 aliphatic carbocycles. The van der Waals surface area contributed by atoms with Crippen molar-refractivity contribution in [1.29, 1.82) is 0 Å². The van der Waals surface area contributed by atoms with Gasteiger partial charge in [0.1, 0.15) is 0 Å². The second-order valence-corrected chi connectivity index (χ2v) is 7.08. The van der Waals surface area contributed by atoms with E-state index in [1.807, 2.05) is 66.4 Å². The van der Waals surface area contributed by atoms with E-state index in [2.05, 4.69) is 11.4 Å². The zero-order chi connectivity index (χ0) is 19.5. The first-order valence-corrected chi connectivity index (χ1v) is 9.45. The number of hydrogen-bond donors (Lipinski definition) is 1. The topological polar surface area (TPSA) is 49.4 Å². The van der Waals surface area contributed by atoms with Crippen LogP contribution in [0.1, 0.15) is 37.4 Å². The standard InChI is InChI=1S/C24H22N2O2/c1-17-7-10-20(11-8-17)24(28)26-14-13-21-15-18(9-12-22(21)26)16-25-23(27)19-5-3-2-4-6-19/h2-12,15H,13-14,16H2,1H3,(H,25,27). The molecule has 3 aromatic carbocycles. The zero-order valence-corrected chi connectivity index (χ0v) is 15.8. The predicted octanol–water partition coefficient (Wildman–Crippen LogP) is 4.13. The first-order chi connectivity index (χ1) is 13.6. The van der Waals surface area contributed by atoms with Crippen molar-refractivity contribution in [3.63, 3.8) is 0 Å². The van der Waals surface area contributed by atoms with E-state index in [0.29, 0.717) is 24.2 Å². The Morgan fingerprint density at radius 2 is 1.68 bits per heavy atom. The van der Waals surface area contributed by atoms with Crippen LogP contribution in [0.25, 0.3) is 0 Å². The highest BCUT2D eigenvalue weighted by Gasteiger charge is 2.25. The van der Waals surface area contributed by atoms with Crippen LogP contribution in [0.3, 0.4) is 0 Å². The number of carbonyl (C=O) groups is 2. The van der Waals surface area contributed by atoms with Gasteiger partial charge in [0.05, 0.1) is 0 Å². The lowest BCUT2D eigenvalue weighted by Gasteiger charge is -2.18. The molecule has 0 fully saturated rings. The number of rotatable bonds is 4. The third kappa shape index (κ3) is 3.67. The minimum Gasteiger partial charge on any atom is -0.348 e. The Kier molecular flexibility index (Phi) is 4.94. The lowest BCUT2D eigenvalue weighted by atomic mass is 10.1. The van der Waals surface area contributed by atoms with E-state index in [1.54, 1.807) is 12.1 Å². The van der Waals surface area contributed by atoms with Gasteiger partial charge >= 0.3 is 0 Å². The highest BCUT2D eigenvalue weighted by molar-refractivity contribution is 6.07.